The third-order valence-electron chi connectivity index (χ3n) is 3.31. The fourth-order valence-electron chi connectivity index (χ4n) is 2.06. The minimum absolute atomic E-state index is 0.182. The summed E-state index contributed by atoms with van der Waals surface area (Å²) < 4.78 is 24.8. The molecule has 124 valence electrons. The molecule has 3 aromatic rings. The zero-order valence-corrected chi connectivity index (χ0v) is 14.0. The van der Waals surface area contributed by atoms with Gasteiger partial charge >= 0.3 is 0 Å². The summed E-state index contributed by atoms with van der Waals surface area (Å²) in [5.74, 6) is 0.791. The Balaban J connectivity index is 1.71. The van der Waals surface area contributed by atoms with Gasteiger partial charge in [-0.1, -0.05) is 19.1 Å². The van der Waals surface area contributed by atoms with Crippen molar-refractivity contribution in [2.24, 2.45) is 0 Å². The van der Waals surface area contributed by atoms with E-state index in [0.717, 1.165) is 23.1 Å². The molecule has 2 heterocycles. The van der Waals surface area contributed by atoms with Gasteiger partial charge in [0.25, 0.3) is 5.22 Å². The Bertz CT molecular complexity index is 823. The molecule has 0 aliphatic rings. The van der Waals surface area contributed by atoms with Crippen LogP contribution in [0.5, 0.6) is 5.75 Å². The molecule has 3 rings (SSSR count). The van der Waals surface area contributed by atoms with Crippen LogP contribution in [-0.4, -0.2) is 27.3 Å². The van der Waals surface area contributed by atoms with Gasteiger partial charge in [0.1, 0.15) is 17.1 Å². The molecule has 0 aliphatic heterocycles. The highest BCUT2D eigenvalue weighted by atomic mass is 32.2. The first-order chi connectivity index (χ1) is 11.7. The van der Waals surface area contributed by atoms with Crippen molar-refractivity contribution >= 4 is 11.8 Å². The summed E-state index contributed by atoms with van der Waals surface area (Å²) in [5, 5.41) is 8.35. The van der Waals surface area contributed by atoms with Crippen LogP contribution in [-0.2, 0) is 12.8 Å². The number of ether oxygens (including phenoxy) is 1. The van der Waals surface area contributed by atoms with Crippen LogP contribution in [0.25, 0.3) is 0 Å². The van der Waals surface area contributed by atoms with Gasteiger partial charge in [0.05, 0.1) is 19.2 Å². The van der Waals surface area contributed by atoms with Gasteiger partial charge in [-0.3, -0.25) is 0 Å². The quantitative estimate of drug-likeness (QED) is 0.634. The van der Waals surface area contributed by atoms with Gasteiger partial charge in [0, 0.05) is 0 Å². The Morgan fingerprint density at radius 3 is 2.67 bits per heavy atom. The summed E-state index contributed by atoms with van der Waals surface area (Å²) >= 11 is 0.995. The Kier molecular flexibility index (Phi) is 5.05. The van der Waals surface area contributed by atoms with Gasteiger partial charge in [-0.25, -0.2) is 14.4 Å². The Morgan fingerprint density at radius 1 is 1.17 bits per heavy atom. The molecule has 0 radical (unpaired) electrons. The van der Waals surface area contributed by atoms with Crippen LogP contribution in [0.4, 0.5) is 4.39 Å². The lowest BCUT2D eigenvalue weighted by Gasteiger charge is -2.02. The minimum Gasteiger partial charge on any atom is -0.497 e. The van der Waals surface area contributed by atoms with Crippen LogP contribution in [0.15, 0.2) is 45.3 Å². The monoisotopic (exact) mass is 346 g/mol. The Hall–Kier alpha value is -2.48. The van der Waals surface area contributed by atoms with Crippen molar-refractivity contribution in [1.29, 1.82) is 0 Å². The van der Waals surface area contributed by atoms with Crippen LogP contribution in [0.3, 0.4) is 0 Å². The maximum atomic E-state index is 14.1. The summed E-state index contributed by atoms with van der Waals surface area (Å²) in [6.45, 7) is 1.83. The largest absolute Gasteiger partial charge is 0.497 e. The van der Waals surface area contributed by atoms with Crippen molar-refractivity contribution in [2.75, 3.05) is 7.11 Å². The van der Waals surface area contributed by atoms with E-state index in [1.165, 1.54) is 6.33 Å². The van der Waals surface area contributed by atoms with E-state index in [2.05, 4.69) is 20.2 Å². The molecule has 6 nitrogen and oxygen atoms in total. The van der Waals surface area contributed by atoms with E-state index < -0.39 is 5.82 Å². The molecule has 0 saturated heterocycles. The molecule has 2 aromatic heterocycles. The van der Waals surface area contributed by atoms with Gasteiger partial charge in [0.15, 0.2) is 5.82 Å². The van der Waals surface area contributed by atoms with E-state index in [1.807, 2.05) is 31.2 Å². The zero-order chi connectivity index (χ0) is 16.9. The summed E-state index contributed by atoms with van der Waals surface area (Å²) in [5.41, 5.74) is 1.38. The lowest BCUT2D eigenvalue weighted by atomic mass is 10.1. The van der Waals surface area contributed by atoms with Crippen molar-refractivity contribution in [3.63, 3.8) is 0 Å². The summed E-state index contributed by atoms with van der Waals surface area (Å²) in [7, 11) is 1.62. The number of nitrogens with zero attached hydrogens (tertiary/aromatic N) is 4. The second kappa shape index (κ2) is 7.39. The topological polar surface area (TPSA) is 73.9 Å². The minimum atomic E-state index is -0.445. The van der Waals surface area contributed by atoms with Gasteiger partial charge in [-0.15, -0.1) is 10.2 Å². The SMILES string of the molecule is CCc1ncnc(Sc2nnc(Cc3ccc(OC)cc3)o2)c1F. The van der Waals surface area contributed by atoms with E-state index in [0.29, 0.717) is 24.4 Å². The average Bonchev–Trinajstić information content (AvgIpc) is 3.04. The van der Waals surface area contributed by atoms with Crippen molar-refractivity contribution in [2.45, 2.75) is 30.0 Å². The van der Waals surface area contributed by atoms with Gasteiger partial charge in [-0.2, -0.15) is 0 Å². The maximum Gasteiger partial charge on any atom is 0.283 e. The molecule has 24 heavy (non-hydrogen) atoms. The number of aryl methyl sites for hydroxylation is 1. The van der Waals surface area contributed by atoms with Crippen LogP contribution >= 0.6 is 11.8 Å². The number of halogens is 1. The van der Waals surface area contributed by atoms with Gasteiger partial charge in [-0.05, 0) is 35.9 Å². The lowest BCUT2D eigenvalue weighted by molar-refractivity contribution is 0.413. The number of hydrogen-bond acceptors (Lipinski definition) is 7. The third kappa shape index (κ3) is 3.70. The van der Waals surface area contributed by atoms with E-state index in [4.69, 9.17) is 9.15 Å². The first-order valence-electron chi connectivity index (χ1n) is 7.32. The van der Waals surface area contributed by atoms with Crippen LogP contribution in [0.1, 0.15) is 24.1 Å². The summed E-state index contributed by atoms with van der Waals surface area (Å²) in [4.78, 5) is 7.83. The number of methoxy groups -OCH3 is 1. The molecule has 0 bridgehead atoms. The van der Waals surface area contributed by atoms with Gasteiger partial charge in [0.2, 0.25) is 5.89 Å². The number of rotatable bonds is 6. The molecule has 1 aromatic carbocycles. The van der Waals surface area contributed by atoms with Crippen molar-refractivity contribution < 1.29 is 13.5 Å². The fraction of sp³-hybridized carbons (Fsp3) is 0.250. The molecule has 8 heteroatoms. The molecule has 0 spiro atoms. The van der Waals surface area contributed by atoms with Crippen LogP contribution in [0, 0.1) is 5.82 Å². The van der Waals surface area contributed by atoms with Crippen molar-refractivity contribution in [3.8, 4) is 5.75 Å². The Morgan fingerprint density at radius 2 is 1.96 bits per heavy atom. The second-order valence-electron chi connectivity index (χ2n) is 4.88. The third-order valence-corrected chi connectivity index (χ3v) is 4.13. The van der Waals surface area contributed by atoms with Crippen LogP contribution in [0.2, 0.25) is 0 Å². The lowest BCUT2D eigenvalue weighted by Crippen LogP contribution is -1.97. The standard InChI is InChI=1S/C16H15FN4O2S/c1-3-12-14(17)15(19-9-18-12)24-16-21-20-13(23-16)8-10-4-6-11(22-2)7-5-10/h4-7,9H,3,8H2,1-2H3. The smallest absolute Gasteiger partial charge is 0.283 e. The molecule has 0 aliphatic carbocycles. The molecule has 0 N–H and O–H groups in total. The first kappa shape index (κ1) is 16.4. The zero-order valence-electron chi connectivity index (χ0n) is 13.2. The molecular formula is C16H15FN4O2S. The van der Waals surface area contributed by atoms with Gasteiger partial charge < -0.3 is 9.15 Å². The maximum absolute atomic E-state index is 14.1. The summed E-state index contributed by atoms with van der Waals surface area (Å²) in [6.07, 6.45) is 2.32. The number of aromatic nitrogens is 4. The molecule has 0 amide bonds. The molecular weight excluding hydrogens is 331 g/mol. The first-order valence-corrected chi connectivity index (χ1v) is 8.13. The van der Waals surface area contributed by atoms with Crippen molar-refractivity contribution in [3.05, 3.63) is 53.6 Å². The summed E-state index contributed by atoms with van der Waals surface area (Å²) in [6, 6.07) is 7.58. The van der Waals surface area contributed by atoms with E-state index in [1.54, 1.807) is 7.11 Å². The molecule has 0 saturated carbocycles. The van der Waals surface area contributed by atoms with E-state index in [-0.39, 0.29) is 10.2 Å². The molecule has 0 unspecified atom stereocenters. The highest BCUT2D eigenvalue weighted by Crippen LogP contribution is 2.28. The normalized spacial score (nSPS) is 10.8. The van der Waals surface area contributed by atoms with E-state index >= 15 is 0 Å². The van der Waals surface area contributed by atoms with E-state index in [9.17, 15) is 4.39 Å². The highest BCUT2D eigenvalue weighted by Gasteiger charge is 2.15. The number of hydrogen-bond donors (Lipinski definition) is 0. The number of benzene rings is 1. The average molecular weight is 346 g/mol. The predicted molar refractivity (Wildman–Crippen MR) is 85.6 cm³/mol. The fourth-order valence-corrected chi connectivity index (χ4v) is 2.75. The highest BCUT2D eigenvalue weighted by molar-refractivity contribution is 7.99. The predicted octanol–water partition coefficient (Wildman–Crippen LogP) is 3.31. The Labute approximate surface area is 142 Å². The molecule has 0 atom stereocenters. The van der Waals surface area contributed by atoms with Crippen molar-refractivity contribution in [1.82, 2.24) is 20.2 Å². The second-order valence-corrected chi connectivity index (χ2v) is 5.82. The van der Waals surface area contributed by atoms with Crippen LogP contribution < -0.4 is 4.74 Å². The molecule has 0 fully saturated rings.